The van der Waals surface area contributed by atoms with E-state index in [-0.39, 0.29) is 6.10 Å². The average Bonchev–Trinajstić information content (AvgIpc) is 2.99. The maximum Gasteiger partial charge on any atom is 0.128 e. The molecule has 24 heavy (non-hydrogen) atoms. The van der Waals surface area contributed by atoms with Crippen molar-refractivity contribution >= 4 is 5.82 Å². The summed E-state index contributed by atoms with van der Waals surface area (Å²) in [6.45, 7) is 6.90. The van der Waals surface area contributed by atoms with E-state index in [4.69, 9.17) is 0 Å². The van der Waals surface area contributed by atoms with Gasteiger partial charge in [-0.1, -0.05) is 6.07 Å². The molecule has 1 atom stereocenters. The van der Waals surface area contributed by atoms with Gasteiger partial charge in [0.05, 0.1) is 6.10 Å². The Kier molecular flexibility index (Phi) is 4.52. The minimum absolute atomic E-state index is 0.0457. The summed E-state index contributed by atoms with van der Waals surface area (Å²) in [6.07, 6.45) is 10.3. The number of aliphatic hydroxyl groups is 1. The molecular formula is C20H31N3O. The van der Waals surface area contributed by atoms with Gasteiger partial charge in [-0.3, -0.25) is 4.90 Å². The van der Waals surface area contributed by atoms with Crippen LogP contribution in [-0.4, -0.2) is 53.3 Å². The Labute approximate surface area is 145 Å². The molecule has 0 radical (unpaired) electrons. The summed E-state index contributed by atoms with van der Waals surface area (Å²) in [6, 6.07) is 5.07. The number of hydrogen-bond acceptors (Lipinski definition) is 4. The molecule has 2 saturated heterocycles. The van der Waals surface area contributed by atoms with Crippen LogP contribution < -0.4 is 4.90 Å². The van der Waals surface area contributed by atoms with E-state index in [0.717, 1.165) is 31.7 Å². The molecule has 4 rings (SSSR count). The lowest BCUT2D eigenvalue weighted by molar-refractivity contribution is 0.0770. The van der Waals surface area contributed by atoms with Gasteiger partial charge in [-0.2, -0.15) is 0 Å². The van der Waals surface area contributed by atoms with Gasteiger partial charge < -0.3 is 10.0 Å². The number of pyridine rings is 1. The molecule has 3 aliphatic rings. The highest BCUT2D eigenvalue weighted by Crippen LogP contribution is 2.42. The van der Waals surface area contributed by atoms with E-state index in [1.165, 1.54) is 50.8 Å². The number of piperidine rings is 1. The Bertz CT molecular complexity index is 553. The SMILES string of the molecule is Cc1ccc(N2CCC[C@]3(CCN(C4CCC(O)CC4)C3)C2)nc1. The molecule has 0 amide bonds. The molecule has 0 unspecified atom stereocenters. The number of nitrogens with zero attached hydrogens (tertiary/aromatic N) is 3. The van der Waals surface area contributed by atoms with Gasteiger partial charge in [-0.25, -0.2) is 4.98 Å². The molecule has 3 fully saturated rings. The van der Waals surface area contributed by atoms with E-state index in [9.17, 15) is 5.11 Å². The number of aryl methyl sites for hydroxylation is 1. The van der Waals surface area contributed by atoms with Crippen LogP contribution in [0.1, 0.15) is 50.5 Å². The van der Waals surface area contributed by atoms with E-state index in [2.05, 4.69) is 33.8 Å². The first kappa shape index (κ1) is 16.3. The Hall–Kier alpha value is -1.13. The summed E-state index contributed by atoms with van der Waals surface area (Å²) < 4.78 is 0. The van der Waals surface area contributed by atoms with Gasteiger partial charge in [-0.15, -0.1) is 0 Å². The third kappa shape index (κ3) is 3.31. The molecule has 1 saturated carbocycles. The van der Waals surface area contributed by atoms with Gasteiger partial charge in [-0.05, 0) is 70.0 Å². The fourth-order valence-electron chi connectivity index (χ4n) is 5.09. The molecule has 1 aromatic rings. The van der Waals surface area contributed by atoms with Crippen LogP contribution in [0.5, 0.6) is 0 Å². The van der Waals surface area contributed by atoms with Crippen LogP contribution in [0.4, 0.5) is 5.82 Å². The Morgan fingerprint density at radius 3 is 2.67 bits per heavy atom. The number of aromatic nitrogens is 1. The number of likely N-dealkylation sites (tertiary alicyclic amines) is 1. The highest BCUT2D eigenvalue weighted by molar-refractivity contribution is 5.40. The fourth-order valence-corrected chi connectivity index (χ4v) is 5.09. The molecule has 1 aromatic heterocycles. The van der Waals surface area contributed by atoms with E-state index in [1.807, 2.05) is 6.20 Å². The zero-order valence-electron chi connectivity index (χ0n) is 15.0. The fraction of sp³-hybridized carbons (Fsp3) is 0.750. The lowest BCUT2D eigenvalue weighted by Crippen LogP contribution is -2.46. The van der Waals surface area contributed by atoms with Gasteiger partial charge in [0.15, 0.2) is 0 Å². The van der Waals surface area contributed by atoms with E-state index in [1.54, 1.807) is 0 Å². The second-order valence-corrected chi connectivity index (χ2v) is 8.40. The maximum atomic E-state index is 9.76. The minimum atomic E-state index is -0.0457. The topological polar surface area (TPSA) is 39.6 Å². The smallest absolute Gasteiger partial charge is 0.128 e. The third-order valence-electron chi connectivity index (χ3n) is 6.53. The minimum Gasteiger partial charge on any atom is -0.393 e. The Morgan fingerprint density at radius 2 is 1.92 bits per heavy atom. The molecule has 2 aliphatic heterocycles. The maximum absolute atomic E-state index is 9.76. The standard InChI is InChI=1S/C20H31N3O/c1-16-3-8-19(21-13-16)23-11-2-9-20(15-23)10-12-22(14-20)17-4-6-18(24)7-5-17/h3,8,13,17-18,24H,2,4-7,9-12,14-15H2,1H3/t17?,18?,20-/m1/s1. The second-order valence-electron chi connectivity index (χ2n) is 8.40. The van der Waals surface area contributed by atoms with Crippen molar-refractivity contribution in [2.45, 2.75) is 64.0 Å². The Balaban J connectivity index is 1.41. The van der Waals surface area contributed by atoms with Crippen LogP contribution in [0, 0.1) is 12.3 Å². The van der Waals surface area contributed by atoms with E-state index in [0.29, 0.717) is 11.5 Å². The van der Waals surface area contributed by atoms with Gasteiger partial charge >= 0.3 is 0 Å². The van der Waals surface area contributed by atoms with Crippen molar-refractivity contribution in [1.82, 2.24) is 9.88 Å². The number of rotatable bonds is 2. The monoisotopic (exact) mass is 329 g/mol. The van der Waals surface area contributed by atoms with Gasteiger partial charge in [0, 0.05) is 37.3 Å². The van der Waals surface area contributed by atoms with Crippen molar-refractivity contribution in [2.75, 3.05) is 31.1 Å². The summed E-state index contributed by atoms with van der Waals surface area (Å²) >= 11 is 0. The largest absolute Gasteiger partial charge is 0.393 e. The molecule has 1 aliphatic carbocycles. The summed E-state index contributed by atoms with van der Waals surface area (Å²) in [7, 11) is 0. The van der Waals surface area contributed by atoms with Gasteiger partial charge in [0.1, 0.15) is 5.82 Å². The zero-order chi connectivity index (χ0) is 16.6. The van der Waals surface area contributed by atoms with Crippen LogP contribution in [-0.2, 0) is 0 Å². The predicted octanol–water partition coefficient (Wildman–Crippen LogP) is 2.99. The quantitative estimate of drug-likeness (QED) is 0.905. The molecule has 4 nitrogen and oxygen atoms in total. The van der Waals surface area contributed by atoms with Crippen molar-refractivity contribution in [1.29, 1.82) is 0 Å². The molecular weight excluding hydrogens is 298 g/mol. The highest BCUT2D eigenvalue weighted by atomic mass is 16.3. The van der Waals surface area contributed by atoms with Crippen molar-refractivity contribution in [3.63, 3.8) is 0 Å². The van der Waals surface area contributed by atoms with Crippen molar-refractivity contribution in [3.8, 4) is 0 Å². The molecule has 4 heteroatoms. The third-order valence-corrected chi connectivity index (χ3v) is 6.53. The zero-order valence-corrected chi connectivity index (χ0v) is 15.0. The highest BCUT2D eigenvalue weighted by Gasteiger charge is 2.43. The van der Waals surface area contributed by atoms with Crippen LogP contribution in [0.2, 0.25) is 0 Å². The average molecular weight is 329 g/mol. The van der Waals surface area contributed by atoms with Gasteiger partial charge in [0.2, 0.25) is 0 Å². The molecule has 0 aromatic carbocycles. The van der Waals surface area contributed by atoms with Crippen LogP contribution in [0.3, 0.4) is 0 Å². The molecule has 3 heterocycles. The first-order valence-electron chi connectivity index (χ1n) is 9.73. The number of anilines is 1. The summed E-state index contributed by atoms with van der Waals surface area (Å²) in [5, 5.41) is 9.76. The number of hydrogen-bond donors (Lipinski definition) is 1. The predicted molar refractivity (Wildman–Crippen MR) is 97.3 cm³/mol. The molecule has 1 N–H and O–H groups in total. The van der Waals surface area contributed by atoms with E-state index < -0.39 is 0 Å². The lowest BCUT2D eigenvalue weighted by Gasteiger charge is -2.42. The van der Waals surface area contributed by atoms with Crippen LogP contribution in [0.25, 0.3) is 0 Å². The first-order chi connectivity index (χ1) is 11.6. The van der Waals surface area contributed by atoms with Crippen molar-refractivity contribution in [3.05, 3.63) is 23.9 Å². The number of aliphatic hydroxyl groups excluding tert-OH is 1. The molecule has 0 bridgehead atoms. The van der Waals surface area contributed by atoms with Crippen molar-refractivity contribution < 1.29 is 5.11 Å². The lowest BCUT2D eigenvalue weighted by atomic mass is 9.79. The first-order valence-corrected chi connectivity index (χ1v) is 9.73. The van der Waals surface area contributed by atoms with Gasteiger partial charge in [0.25, 0.3) is 0 Å². The van der Waals surface area contributed by atoms with Crippen LogP contribution in [0.15, 0.2) is 18.3 Å². The summed E-state index contributed by atoms with van der Waals surface area (Å²) in [4.78, 5) is 9.90. The normalized spacial score (nSPS) is 34.8. The second kappa shape index (κ2) is 6.64. The molecule has 1 spiro atoms. The molecule has 132 valence electrons. The summed E-state index contributed by atoms with van der Waals surface area (Å²) in [5.74, 6) is 1.15. The van der Waals surface area contributed by atoms with Crippen LogP contribution >= 0.6 is 0 Å². The van der Waals surface area contributed by atoms with E-state index >= 15 is 0 Å². The Morgan fingerprint density at radius 1 is 1.08 bits per heavy atom. The van der Waals surface area contributed by atoms with Crippen molar-refractivity contribution in [2.24, 2.45) is 5.41 Å². The summed E-state index contributed by atoms with van der Waals surface area (Å²) in [5.41, 5.74) is 1.69.